The SMILES string of the molecule is Cc1cncc(N)c1N1CC2CN(C)CC2C1. The number of nitrogens with two attached hydrogens (primary N) is 1. The molecule has 3 heterocycles. The number of hydrogen-bond donors (Lipinski definition) is 1. The number of aromatic nitrogens is 1. The first kappa shape index (κ1) is 10.8. The van der Waals surface area contributed by atoms with Crippen molar-refractivity contribution in [3.05, 3.63) is 18.0 Å². The molecule has 1 aromatic rings. The molecule has 0 radical (unpaired) electrons. The van der Waals surface area contributed by atoms with Crippen molar-refractivity contribution >= 4 is 11.4 Å². The molecule has 0 saturated carbocycles. The predicted octanol–water partition coefficient (Wildman–Crippen LogP) is 0.970. The van der Waals surface area contributed by atoms with E-state index < -0.39 is 0 Å². The molecule has 2 unspecified atom stereocenters. The summed E-state index contributed by atoms with van der Waals surface area (Å²) in [6.45, 7) is 6.84. The monoisotopic (exact) mass is 232 g/mol. The second-order valence-electron chi connectivity index (χ2n) is 5.54. The Labute approximate surface area is 102 Å². The van der Waals surface area contributed by atoms with Gasteiger partial charge in [-0.15, -0.1) is 0 Å². The van der Waals surface area contributed by atoms with Crippen molar-refractivity contribution < 1.29 is 0 Å². The molecule has 1 aromatic heterocycles. The highest BCUT2D eigenvalue weighted by atomic mass is 15.2. The lowest BCUT2D eigenvalue weighted by molar-refractivity contribution is 0.387. The van der Waals surface area contributed by atoms with Crippen molar-refractivity contribution in [2.45, 2.75) is 6.92 Å². The predicted molar refractivity (Wildman–Crippen MR) is 70.1 cm³/mol. The summed E-state index contributed by atoms with van der Waals surface area (Å²) in [6, 6.07) is 0. The van der Waals surface area contributed by atoms with E-state index in [1.165, 1.54) is 24.3 Å². The Morgan fingerprint density at radius 3 is 2.41 bits per heavy atom. The van der Waals surface area contributed by atoms with Crippen molar-refractivity contribution in [1.82, 2.24) is 9.88 Å². The molecular formula is C13H20N4. The van der Waals surface area contributed by atoms with Gasteiger partial charge in [0.15, 0.2) is 0 Å². The van der Waals surface area contributed by atoms with Crippen LogP contribution in [0.5, 0.6) is 0 Å². The number of fused-ring (bicyclic) bond motifs is 1. The van der Waals surface area contributed by atoms with Gasteiger partial charge in [0.2, 0.25) is 0 Å². The van der Waals surface area contributed by atoms with Crippen molar-refractivity contribution in [2.24, 2.45) is 11.8 Å². The van der Waals surface area contributed by atoms with E-state index in [0.717, 1.165) is 30.6 Å². The zero-order chi connectivity index (χ0) is 12.0. The van der Waals surface area contributed by atoms with Crippen molar-refractivity contribution in [2.75, 3.05) is 43.9 Å². The summed E-state index contributed by atoms with van der Waals surface area (Å²) in [4.78, 5) is 9.03. The van der Waals surface area contributed by atoms with Crippen LogP contribution in [0.3, 0.4) is 0 Å². The van der Waals surface area contributed by atoms with Crippen LogP contribution in [0.4, 0.5) is 11.4 Å². The third-order valence-corrected chi connectivity index (χ3v) is 4.11. The van der Waals surface area contributed by atoms with E-state index in [-0.39, 0.29) is 0 Å². The highest BCUT2D eigenvalue weighted by Crippen LogP contribution is 2.36. The molecule has 4 nitrogen and oxygen atoms in total. The fourth-order valence-electron chi connectivity index (χ4n) is 3.42. The first-order valence-electron chi connectivity index (χ1n) is 6.28. The summed E-state index contributed by atoms with van der Waals surface area (Å²) >= 11 is 0. The largest absolute Gasteiger partial charge is 0.396 e. The average molecular weight is 232 g/mol. The lowest BCUT2D eigenvalue weighted by Crippen LogP contribution is -2.27. The number of nitrogen functional groups attached to an aromatic ring is 1. The van der Waals surface area contributed by atoms with E-state index in [4.69, 9.17) is 5.73 Å². The quantitative estimate of drug-likeness (QED) is 0.783. The summed E-state index contributed by atoms with van der Waals surface area (Å²) in [7, 11) is 2.22. The molecule has 2 aliphatic heterocycles. The summed E-state index contributed by atoms with van der Waals surface area (Å²) in [5.41, 5.74) is 9.28. The first-order valence-corrected chi connectivity index (χ1v) is 6.28. The van der Waals surface area contributed by atoms with Gasteiger partial charge in [-0.3, -0.25) is 4.98 Å². The topological polar surface area (TPSA) is 45.4 Å². The first-order chi connectivity index (χ1) is 8.15. The Morgan fingerprint density at radius 2 is 1.82 bits per heavy atom. The maximum absolute atomic E-state index is 6.06. The molecule has 92 valence electrons. The Kier molecular flexibility index (Phi) is 2.47. The second-order valence-corrected chi connectivity index (χ2v) is 5.54. The number of pyridine rings is 1. The van der Waals surface area contributed by atoms with Gasteiger partial charge in [-0.25, -0.2) is 0 Å². The Hall–Kier alpha value is -1.29. The fraction of sp³-hybridized carbons (Fsp3) is 0.615. The molecule has 0 spiro atoms. The number of aryl methyl sites for hydroxylation is 1. The van der Waals surface area contributed by atoms with Crippen LogP contribution in [-0.4, -0.2) is 43.1 Å². The standard InChI is InChI=1S/C13H20N4/c1-9-3-15-4-12(14)13(9)17-7-10-5-16(2)6-11(10)8-17/h3-4,10-11H,5-8,14H2,1-2H3. The molecule has 2 aliphatic rings. The van der Waals surface area contributed by atoms with Crippen molar-refractivity contribution in [3.63, 3.8) is 0 Å². The van der Waals surface area contributed by atoms with Gasteiger partial charge < -0.3 is 15.5 Å². The normalized spacial score (nSPS) is 28.7. The maximum atomic E-state index is 6.06. The molecule has 2 N–H and O–H groups in total. The van der Waals surface area contributed by atoms with E-state index in [2.05, 4.69) is 28.8 Å². The Morgan fingerprint density at radius 1 is 1.18 bits per heavy atom. The van der Waals surface area contributed by atoms with Gasteiger partial charge in [-0.2, -0.15) is 0 Å². The molecule has 0 aliphatic carbocycles. The number of rotatable bonds is 1. The van der Waals surface area contributed by atoms with Crippen LogP contribution in [0.1, 0.15) is 5.56 Å². The average Bonchev–Trinajstić information content (AvgIpc) is 2.74. The minimum atomic E-state index is 0.812. The third-order valence-electron chi connectivity index (χ3n) is 4.11. The number of hydrogen-bond acceptors (Lipinski definition) is 4. The third kappa shape index (κ3) is 1.76. The van der Waals surface area contributed by atoms with E-state index in [9.17, 15) is 0 Å². The maximum Gasteiger partial charge on any atom is 0.0741 e. The fourth-order valence-corrected chi connectivity index (χ4v) is 3.42. The molecule has 4 heteroatoms. The van der Waals surface area contributed by atoms with Crippen LogP contribution >= 0.6 is 0 Å². The minimum absolute atomic E-state index is 0.812. The van der Waals surface area contributed by atoms with Crippen LogP contribution in [0, 0.1) is 18.8 Å². The van der Waals surface area contributed by atoms with Crippen LogP contribution < -0.4 is 10.6 Å². The van der Waals surface area contributed by atoms with Crippen LogP contribution in [0.2, 0.25) is 0 Å². The molecule has 2 atom stereocenters. The van der Waals surface area contributed by atoms with Crippen molar-refractivity contribution in [3.8, 4) is 0 Å². The van der Waals surface area contributed by atoms with Gasteiger partial charge in [0.05, 0.1) is 17.6 Å². The summed E-state index contributed by atoms with van der Waals surface area (Å²) in [5, 5.41) is 0. The zero-order valence-electron chi connectivity index (χ0n) is 10.6. The molecule has 0 bridgehead atoms. The summed E-state index contributed by atoms with van der Waals surface area (Å²) in [6.07, 6.45) is 3.68. The van der Waals surface area contributed by atoms with E-state index in [1.54, 1.807) is 6.20 Å². The number of likely N-dealkylation sites (tertiary alicyclic amines) is 1. The highest BCUT2D eigenvalue weighted by molar-refractivity contribution is 5.70. The van der Waals surface area contributed by atoms with Crippen LogP contribution in [0.25, 0.3) is 0 Å². The van der Waals surface area contributed by atoms with Crippen molar-refractivity contribution in [1.29, 1.82) is 0 Å². The van der Waals surface area contributed by atoms with Gasteiger partial charge in [0.1, 0.15) is 0 Å². The Bertz CT molecular complexity index is 397. The van der Waals surface area contributed by atoms with Gasteiger partial charge in [-0.1, -0.05) is 0 Å². The smallest absolute Gasteiger partial charge is 0.0741 e. The Balaban J connectivity index is 1.84. The molecule has 3 rings (SSSR count). The van der Waals surface area contributed by atoms with E-state index in [1.807, 2.05) is 6.20 Å². The molecule has 2 saturated heterocycles. The van der Waals surface area contributed by atoms with Gasteiger partial charge in [0, 0.05) is 32.4 Å². The van der Waals surface area contributed by atoms with E-state index >= 15 is 0 Å². The van der Waals surface area contributed by atoms with Crippen LogP contribution in [-0.2, 0) is 0 Å². The second kappa shape index (κ2) is 3.88. The molecular weight excluding hydrogens is 212 g/mol. The van der Waals surface area contributed by atoms with Gasteiger partial charge in [0.25, 0.3) is 0 Å². The molecule has 0 aromatic carbocycles. The summed E-state index contributed by atoms with van der Waals surface area (Å²) in [5.74, 6) is 1.62. The lowest BCUT2D eigenvalue weighted by atomic mass is 10.0. The van der Waals surface area contributed by atoms with E-state index in [0.29, 0.717) is 0 Å². The molecule has 2 fully saturated rings. The number of nitrogens with zero attached hydrogens (tertiary/aromatic N) is 3. The van der Waals surface area contributed by atoms with Gasteiger partial charge in [-0.05, 0) is 31.4 Å². The molecule has 17 heavy (non-hydrogen) atoms. The zero-order valence-corrected chi connectivity index (χ0v) is 10.6. The van der Waals surface area contributed by atoms with Crippen LogP contribution in [0.15, 0.2) is 12.4 Å². The lowest BCUT2D eigenvalue weighted by Gasteiger charge is -2.24. The van der Waals surface area contributed by atoms with Gasteiger partial charge >= 0.3 is 0 Å². The highest BCUT2D eigenvalue weighted by Gasteiger charge is 2.39. The molecule has 0 amide bonds. The summed E-state index contributed by atoms with van der Waals surface area (Å²) < 4.78 is 0. The minimum Gasteiger partial charge on any atom is -0.396 e. The number of anilines is 2.